The van der Waals surface area contributed by atoms with Crippen LogP contribution in [0.5, 0.6) is 5.75 Å². The van der Waals surface area contributed by atoms with E-state index >= 15 is 0 Å². The second kappa shape index (κ2) is 9.49. The van der Waals surface area contributed by atoms with Crippen molar-refractivity contribution >= 4 is 33.2 Å². The van der Waals surface area contributed by atoms with Crippen molar-refractivity contribution in [1.29, 1.82) is 0 Å². The largest absolute Gasteiger partial charge is 0.497 e. The van der Waals surface area contributed by atoms with Crippen LogP contribution in [0.3, 0.4) is 0 Å². The van der Waals surface area contributed by atoms with E-state index < -0.39 is 9.84 Å². The summed E-state index contributed by atoms with van der Waals surface area (Å²) in [4.78, 5) is 13.2. The summed E-state index contributed by atoms with van der Waals surface area (Å²) in [6.45, 7) is 0.520. The maximum absolute atomic E-state index is 12.0. The summed E-state index contributed by atoms with van der Waals surface area (Å²) in [5.41, 5.74) is 0.377. The SMILES string of the molecule is COc1ccc(NCC(=O)NCCSc2ccccc2)c(S(C)(=O)=O)c1. The maximum Gasteiger partial charge on any atom is 0.239 e. The van der Waals surface area contributed by atoms with Crippen LogP contribution in [-0.2, 0) is 14.6 Å². The number of carbonyl (C=O) groups is 1. The summed E-state index contributed by atoms with van der Waals surface area (Å²) >= 11 is 1.66. The van der Waals surface area contributed by atoms with E-state index in [1.165, 1.54) is 13.2 Å². The predicted molar refractivity (Wildman–Crippen MR) is 105 cm³/mol. The van der Waals surface area contributed by atoms with Gasteiger partial charge in [-0.2, -0.15) is 0 Å². The van der Waals surface area contributed by atoms with E-state index in [1.807, 2.05) is 30.3 Å². The molecular formula is C18H22N2O4S2. The Hall–Kier alpha value is -2.19. The standard InChI is InChI=1S/C18H22N2O4S2/c1-24-14-8-9-16(17(12-14)26(2,22)23)20-13-18(21)19-10-11-25-15-6-4-3-5-7-15/h3-9,12,20H,10-11,13H2,1-2H3,(H,19,21). The van der Waals surface area contributed by atoms with Crippen molar-refractivity contribution in [1.82, 2.24) is 5.32 Å². The van der Waals surface area contributed by atoms with Gasteiger partial charge < -0.3 is 15.4 Å². The Balaban J connectivity index is 1.83. The number of carbonyl (C=O) groups excluding carboxylic acids is 1. The van der Waals surface area contributed by atoms with Gasteiger partial charge in [-0.1, -0.05) is 18.2 Å². The zero-order valence-corrected chi connectivity index (χ0v) is 16.3. The molecule has 0 atom stereocenters. The minimum atomic E-state index is -3.44. The lowest BCUT2D eigenvalue weighted by Gasteiger charge is -2.12. The van der Waals surface area contributed by atoms with Gasteiger partial charge in [0, 0.05) is 29.5 Å². The molecule has 0 saturated heterocycles. The Morgan fingerprint density at radius 2 is 1.88 bits per heavy atom. The van der Waals surface area contributed by atoms with Gasteiger partial charge in [-0.15, -0.1) is 11.8 Å². The fourth-order valence-corrected chi connectivity index (χ4v) is 3.86. The Morgan fingerprint density at radius 3 is 2.54 bits per heavy atom. The lowest BCUT2D eigenvalue weighted by molar-refractivity contribution is -0.119. The molecule has 8 heteroatoms. The molecule has 2 aromatic rings. The van der Waals surface area contributed by atoms with Gasteiger partial charge in [0.2, 0.25) is 5.91 Å². The van der Waals surface area contributed by atoms with Crippen molar-refractivity contribution < 1.29 is 17.9 Å². The minimum absolute atomic E-state index is 0.00907. The third-order valence-corrected chi connectivity index (χ3v) is 5.61. The van der Waals surface area contributed by atoms with Crippen molar-refractivity contribution in [3.63, 3.8) is 0 Å². The number of amides is 1. The summed E-state index contributed by atoms with van der Waals surface area (Å²) in [6, 6.07) is 14.6. The first-order chi connectivity index (χ1) is 12.4. The minimum Gasteiger partial charge on any atom is -0.497 e. The van der Waals surface area contributed by atoms with Crippen LogP contribution in [0.15, 0.2) is 58.3 Å². The van der Waals surface area contributed by atoms with Gasteiger partial charge in [-0.3, -0.25) is 4.79 Å². The van der Waals surface area contributed by atoms with E-state index in [0.29, 0.717) is 18.0 Å². The molecule has 0 aliphatic heterocycles. The molecule has 0 saturated carbocycles. The highest BCUT2D eigenvalue weighted by atomic mass is 32.2. The van der Waals surface area contributed by atoms with Gasteiger partial charge in [0.25, 0.3) is 0 Å². The average Bonchev–Trinajstić information content (AvgIpc) is 2.63. The summed E-state index contributed by atoms with van der Waals surface area (Å²) in [6.07, 6.45) is 1.12. The van der Waals surface area contributed by atoms with Gasteiger partial charge in [-0.25, -0.2) is 8.42 Å². The Bertz CT molecular complexity index is 840. The van der Waals surface area contributed by atoms with Crippen LogP contribution >= 0.6 is 11.8 Å². The fraction of sp³-hybridized carbons (Fsp3) is 0.278. The number of ether oxygens (including phenoxy) is 1. The monoisotopic (exact) mass is 394 g/mol. The highest BCUT2D eigenvalue weighted by molar-refractivity contribution is 7.99. The molecule has 140 valence electrons. The topological polar surface area (TPSA) is 84.5 Å². The van der Waals surface area contributed by atoms with Crippen molar-refractivity contribution in [3.8, 4) is 5.75 Å². The van der Waals surface area contributed by atoms with E-state index in [2.05, 4.69) is 10.6 Å². The number of benzene rings is 2. The first-order valence-corrected chi connectivity index (χ1v) is 10.8. The summed E-state index contributed by atoms with van der Waals surface area (Å²) < 4.78 is 28.9. The van der Waals surface area contributed by atoms with Crippen LogP contribution in [0, 0.1) is 0 Å². The van der Waals surface area contributed by atoms with Gasteiger partial charge in [0.05, 0.1) is 24.2 Å². The van der Waals surface area contributed by atoms with Gasteiger partial charge in [0.15, 0.2) is 9.84 Å². The van der Waals surface area contributed by atoms with Gasteiger partial charge >= 0.3 is 0 Å². The third-order valence-electron chi connectivity index (χ3n) is 3.46. The fourth-order valence-electron chi connectivity index (χ4n) is 2.20. The molecular weight excluding hydrogens is 372 g/mol. The summed E-state index contributed by atoms with van der Waals surface area (Å²) in [7, 11) is -1.98. The molecule has 0 radical (unpaired) electrons. The second-order valence-electron chi connectivity index (χ2n) is 5.50. The zero-order valence-electron chi connectivity index (χ0n) is 14.7. The summed E-state index contributed by atoms with van der Waals surface area (Å²) in [5.74, 6) is 1.000. The number of methoxy groups -OCH3 is 1. The van der Waals surface area contributed by atoms with Crippen molar-refractivity contribution in [2.75, 3.05) is 37.5 Å². The number of anilines is 1. The maximum atomic E-state index is 12.0. The quantitative estimate of drug-likeness (QED) is 0.502. The summed E-state index contributed by atoms with van der Waals surface area (Å²) in [5, 5.41) is 5.68. The van der Waals surface area contributed by atoms with Crippen LogP contribution in [0.2, 0.25) is 0 Å². The number of hydrogen-bond acceptors (Lipinski definition) is 6. The molecule has 0 bridgehead atoms. The number of thioether (sulfide) groups is 1. The normalized spacial score (nSPS) is 11.0. The molecule has 2 N–H and O–H groups in total. The smallest absolute Gasteiger partial charge is 0.239 e. The Morgan fingerprint density at radius 1 is 1.15 bits per heavy atom. The molecule has 0 fully saturated rings. The van der Waals surface area contributed by atoms with Crippen LogP contribution in [0.1, 0.15) is 0 Å². The highest BCUT2D eigenvalue weighted by Gasteiger charge is 2.15. The van der Waals surface area contributed by atoms with Crippen molar-refractivity contribution in [3.05, 3.63) is 48.5 Å². The molecule has 0 aromatic heterocycles. The Labute approximate surface area is 158 Å². The van der Waals surface area contributed by atoms with Crippen LogP contribution in [-0.4, -0.2) is 46.5 Å². The highest BCUT2D eigenvalue weighted by Crippen LogP contribution is 2.26. The van der Waals surface area contributed by atoms with Crippen molar-refractivity contribution in [2.24, 2.45) is 0 Å². The molecule has 0 spiro atoms. The Kier molecular flexibility index (Phi) is 7.35. The number of hydrogen-bond donors (Lipinski definition) is 2. The third kappa shape index (κ3) is 6.27. The predicted octanol–water partition coefficient (Wildman–Crippen LogP) is 2.42. The molecule has 0 aliphatic rings. The lowest BCUT2D eigenvalue weighted by Crippen LogP contribution is -2.31. The molecule has 0 unspecified atom stereocenters. The van der Waals surface area contributed by atoms with E-state index in [4.69, 9.17) is 4.74 Å². The number of rotatable bonds is 9. The van der Waals surface area contributed by atoms with Crippen LogP contribution in [0.4, 0.5) is 5.69 Å². The van der Waals surface area contributed by atoms with Crippen LogP contribution in [0.25, 0.3) is 0 Å². The average molecular weight is 395 g/mol. The van der Waals surface area contributed by atoms with Gasteiger partial charge in [-0.05, 0) is 24.3 Å². The van der Waals surface area contributed by atoms with E-state index in [0.717, 1.165) is 16.9 Å². The molecule has 6 nitrogen and oxygen atoms in total. The molecule has 0 aliphatic carbocycles. The van der Waals surface area contributed by atoms with E-state index in [-0.39, 0.29) is 17.3 Å². The van der Waals surface area contributed by atoms with Crippen LogP contribution < -0.4 is 15.4 Å². The first-order valence-electron chi connectivity index (χ1n) is 7.96. The second-order valence-corrected chi connectivity index (χ2v) is 8.65. The molecule has 1 amide bonds. The molecule has 26 heavy (non-hydrogen) atoms. The zero-order chi connectivity index (χ0) is 19.0. The number of nitrogens with one attached hydrogen (secondary N) is 2. The molecule has 2 rings (SSSR count). The lowest BCUT2D eigenvalue weighted by atomic mass is 10.3. The van der Waals surface area contributed by atoms with Gasteiger partial charge in [0.1, 0.15) is 5.75 Å². The number of sulfone groups is 1. The van der Waals surface area contributed by atoms with E-state index in [9.17, 15) is 13.2 Å². The van der Waals surface area contributed by atoms with Crippen molar-refractivity contribution in [2.45, 2.75) is 9.79 Å². The molecule has 2 aromatic carbocycles. The molecule has 0 heterocycles. The van der Waals surface area contributed by atoms with E-state index in [1.54, 1.807) is 23.9 Å². The first kappa shape index (κ1) is 20.1.